The molecule has 1 aliphatic rings. The highest BCUT2D eigenvalue weighted by molar-refractivity contribution is 5.30. The summed E-state index contributed by atoms with van der Waals surface area (Å²) in [7, 11) is 0. The Balaban J connectivity index is 1.89. The van der Waals surface area contributed by atoms with Gasteiger partial charge in [-0.15, -0.1) is 0 Å². The van der Waals surface area contributed by atoms with E-state index in [0.717, 1.165) is 5.75 Å². The zero-order chi connectivity index (χ0) is 11.2. The Labute approximate surface area is 97.3 Å². The molecule has 1 aromatic rings. The van der Waals surface area contributed by atoms with E-state index < -0.39 is 0 Å². The molecule has 0 radical (unpaired) electrons. The quantitative estimate of drug-likeness (QED) is 0.819. The Morgan fingerprint density at radius 1 is 0.875 bits per heavy atom. The predicted molar refractivity (Wildman–Crippen MR) is 64.8 cm³/mol. The highest BCUT2D eigenvalue weighted by Gasteiger charge is 2.12. The highest BCUT2D eigenvalue weighted by atomic mass is 16.5. The second-order valence-electron chi connectivity index (χ2n) is 4.58. The van der Waals surface area contributed by atoms with E-state index in [1.165, 1.54) is 44.9 Å². The molecule has 0 heterocycles. The van der Waals surface area contributed by atoms with Gasteiger partial charge in [0.1, 0.15) is 11.5 Å². The lowest BCUT2D eigenvalue weighted by molar-refractivity contribution is 0.166. The van der Waals surface area contributed by atoms with Gasteiger partial charge in [0.25, 0.3) is 0 Å². The van der Waals surface area contributed by atoms with Gasteiger partial charge in [-0.3, -0.25) is 0 Å². The first-order chi connectivity index (χ1) is 7.84. The first kappa shape index (κ1) is 11.3. The van der Waals surface area contributed by atoms with E-state index in [0.29, 0.717) is 11.9 Å². The molecule has 2 heteroatoms. The van der Waals surface area contributed by atoms with E-state index in [9.17, 15) is 5.11 Å². The minimum Gasteiger partial charge on any atom is -0.508 e. The van der Waals surface area contributed by atoms with Gasteiger partial charge in [0.15, 0.2) is 0 Å². The molecule has 0 aliphatic heterocycles. The predicted octanol–water partition coefficient (Wildman–Crippen LogP) is 3.88. The fourth-order valence-electron chi connectivity index (χ4n) is 2.25. The maximum atomic E-state index is 9.19. The summed E-state index contributed by atoms with van der Waals surface area (Å²) in [5, 5.41) is 9.19. The summed E-state index contributed by atoms with van der Waals surface area (Å²) < 4.78 is 5.93. The maximum absolute atomic E-state index is 9.19. The molecule has 0 unspecified atom stereocenters. The van der Waals surface area contributed by atoms with Crippen LogP contribution in [0.5, 0.6) is 11.5 Å². The second kappa shape index (κ2) is 5.78. The molecule has 2 rings (SSSR count). The lowest BCUT2D eigenvalue weighted by Gasteiger charge is -2.21. The van der Waals surface area contributed by atoms with Crippen LogP contribution in [0.15, 0.2) is 24.3 Å². The zero-order valence-electron chi connectivity index (χ0n) is 9.69. The van der Waals surface area contributed by atoms with Gasteiger partial charge in [0.05, 0.1) is 6.10 Å². The molecule has 2 nitrogen and oxygen atoms in total. The van der Waals surface area contributed by atoms with Crippen molar-refractivity contribution in [1.82, 2.24) is 0 Å². The molecular weight excluding hydrogens is 200 g/mol. The Morgan fingerprint density at radius 2 is 1.44 bits per heavy atom. The number of ether oxygens (including phenoxy) is 1. The summed E-state index contributed by atoms with van der Waals surface area (Å²) in [6.07, 6.45) is 9.33. The van der Waals surface area contributed by atoms with Crippen molar-refractivity contribution in [2.75, 3.05) is 0 Å². The van der Waals surface area contributed by atoms with Crippen LogP contribution in [0.1, 0.15) is 44.9 Å². The van der Waals surface area contributed by atoms with Crippen LogP contribution in [0.3, 0.4) is 0 Å². The topological polar surface area (TPSA) is 29.5 Å². The SMILES string of the molecule is Oc1ccc(OC2CCCCCCC2)cc1. The molecular formula is C14H20O2. The fraction of sp³-hybridized carbons (Fsp3) is 0.571. The summed E-state index contributed by atoms with van der Waals surface area (Å²) in [5.41, 5.74) is 0. The molecule has 88 valence electrons. The van der Waals surface area contributed by atoms with Crippen LogP contribution in [0.2, 0.25) is 0 Å². The minimum atomic E-state index is 0.296. The third-order valence-electron chi connectivity index (χ3n) is 3.19. The molecule has 0 amide bonds. The van der Waals surface area contributed by atoms with Gasteiger partial charge in [-0.1, -0.05) is 19.3 Å². The summed E-state index contributed by atoms with van der Waals surface area (Å²) >= 11 is 0. The Bertz CT molecular complexity index is 297. The summed E-state index contributed by atoms with van der Waals surface area (Å²) in [5.74, 6) is 1.17. The lowest BCUT2D eigenvalue weighted by atomic mass is 9.98. The van der Waals surface area contributed by atoms with Crippen molar-refractivity contribution < 1.29 is 9.84 Å². The van der Waals surface area contributed by atoms with Gasteiger partial charge in [-0.05, 0) is 49.9 Å². The van der Waals surface area contributed by atoms with Gasteiger partial charge in [-0.2, -0.15) is 0 Å². The summed E-state index contributed by atoms with van der Waals surface area (Å²) in [6, 6.07) is 7.04. The molecule has 1 saturated carbocycles. The molecule has 16 heavy (non-hydrogen) atoms. The van der Waals surface area contributed by atoms with E-state index in [1.807, 2.05) is 12.1 Å². The lowest BCUT2D eigenvalue weighted by Crippen LogP contribution is -2.17. The van der Waals surface area contributed by atoms with Crippen LogP contribution >= 0.6 is 0 Å². The average Bonchev–Trinajstić information content (AvgIpc) is 2.25. The van der Waals surface area contributed by atoms with Crippen molar-refractivity contribution in [1.29, 1.82) is 0 Å². The third kappa shape index (κ3) is 3.44. The largest absolute Gasteiger partial charge is 0.508 e. The number of aromatic hydroxyl groups is 1. The van der Waals surface area contributed by atoms with E-state index in [1.54, 1.807) is 12.1 Å². The number of benzene rings is 1. The van der Waals surface area contributed by atoms with Gasteiger partial charge < -0.3 is 9.84 Å². The van der Waals surface area contributed by atoms with Crippen molar-refractivity contribution >= 4 is 0 Å². The van der Waals surface area contributed by atoms with Crippen molar-refractivity contribution in [3.8, 4) is 11.5 Å². The molecule has 1 aliphatic carbocycles. The van der Waals surface area contributed by atoms with Crippen LogP contribution in [0.25, 0.3) is 0 Å². The van der Waals surface area contributed by atoms with Crippen LogP contribution in [0, 0.1) is 0 Å². The average molecular weight is 220 g/mol. The normalized spacial score (nSPS) is 18.8. The number of phenolic OH excluding ortho intramolecular Hbond substituents is 1. The van der Waals surface area contributed by atoms with E-state index in [-0.39, 0.29) is 0 Å². The molecule has 1 aromatic carbocycles. The molecule has 1 fully saturated rings. The minimum absolute atomic E-state index is 0.296. The van der Waals surface area contributed by atoms with Crippen molar-refractivity contribution in [2.45, 2.75) is 51.0 Å². The molecule has 1 N–H and O–H groups in total. The number of hydrogen-bond donors (Lipinski definition) is 1. The monoisotopic (exact) mass is 220 g/mol. The van der Waals surface area contributed by atoms with Crippen molar-refractivity contribution in [3.05, 3.63) is 24.3 Å². The number of hydrogen-bond acceptors (Lipinski definition) is 2. The van der Waals surface area contributed by atoms with Crippen LogP contribution in [0.4, 0.5) is 0 Å². The smallest absolute Gasteiger partial charge is 0.119 e. The Kier molecular flexibility index (Phi) is 4.09. The molecule has 0 saturated heterocycles. The first-order valence-corrected chi connectivity index (χ1v) is 6.30. The van der Waals surface area contributed by atoms with E-state index in [4.69, 9.17) is 4.74 Å². The molecule has 0 spiro atoms. The number of rotatable bonds is 2. The van der Waals surface area contributed by atoms with Crippen LogP contribution in [-0.4, -0.2) is 11.2 Å². The molecule has 0 aromatic heterocycles. The number of phenols is 1. The molecule has 0 atom stereocenters. The van der Waals surface area contributed by atoms with Crippen LogP contribution < -0.4 is 4.74 Å². The van der Waals surface area contributed by atoms with Gasteiger partial charge in [-0.25, -0.2) is 0 Å². The van der Waals surface area contributed by atoms with Gasteiger partial charge in [0.2, 0.25) is 0 Å². The van der Waals surface area contributed by atoms with E-state index >= 15 is 0 Å². The first-order valence-electron chi connectivity index (χ1n) is 6.30. The van der Waals surface area contributed by atoms with E-state index in [2.05, 4.69) is 0 Å². The van der Waals surface area contributed by atoms with Gasteiger partial charge >= 0.3 is 0 Å². The summed E-state index contributed by atoms with van der Waals surface area (Å²) in [6.45, 7) is 0. The Morgan fingerprint density at radius 3 is 2.06 bits per heavy atom. The second-order valence-corrected chi connectivity index (χ2v) is 4.58. The third-order valence-corrected chi connectivity index (χ3v) is 3.19. The molecule has 0 bridgehead atoms. The van der Waals surface area contributed by atoms with Crippen molar-refractivity contribution in [2.24, 2.45) is 0 Å². The summed E-state index contributed by atoms with van der Waals surface area (Å²) in [4.78, 5) is 0. The maximum Gasteiger partial charge on any atom is 0.119 e. The zero-order valence-corrected chi connectivity index (χ0v) is 9.69. The fourth-order valence-corrected chi connectivity index (χ4v) is 2.25. The highest BCUT2D eigenvalue weighted by Crippen LogP contribution is 2.23. The van der Waals surface area contributed by atoms with Crippen molar-refractivity contribution in [3.63, 3.8) is 0 Å². The van der Waals surface area contributed by atoms with Crippen LogP contribution in [-0.2, 0) is 0 Å². The van der Waals surface area contributed by atoms with Gasteiger partial charge in [0, 0.05) is 0 Å². The Hall–Kier alpha value is -1.18. The standard InChI is InChI=1S/C14H20O2/c15-12-8-10-14(11-9-12)16-13-6-4-2-1-3-5-7-13/h8-11,13,15H,1-7H2.